The van der Waals surface area contributed by atoms with Crippen molar-refractivity contribution in [1.29, 1.82) is 0 Å². The lowest BCUT2D eigenvalue weighted by Crippen LogP contribution is -2.47. The van der Waals surface area contributed by atoms with Crippen molar-refractivity contribution in [2.24, 2.45) is 0 Å². The first kappa shape index (κ1) is 15.7. The standard InChI is InChI=1S/C20H20N4O/c1-23-10-12-24(13-11-23)20(25)17-14-19(15-6-8-21-9-7-15)22-18-5-3-2-4-16(17)18/h2-9,14H,10-13H2,1H3. The van der Waals surface area contributed by atoms with Crippen molar-refractivity contribution >= 4 is 16.8 Å². The summed E-state index contributed by atoms with van der Waals surface area (Å²) < 4.78 is 0. The Labute approximate surface area is 146 Å². The van der Waals surface area contributed by atoms with Gasteiger partial charge in [0.15, 0.2) is 0 Å². The number of para-hydroxylation sites is 1. The number of amides is 1. The Balaban J connectivity index is 1.80. The molecule has 5 heteroatoms. The van der Waals surface area contributed by atoms with E-state index in [-0.39, 0.29) is 5.91 Å². The number of rotatable bonds is 2. The summed E-state index contributed by atoms with van der Waals surface area (Å²) in [6.07, 6.45) is 3.49. The van der Waals surface area contributed by atoms with E-state index in [1.165, 1.54) is 0 Å². The summed E-state index contributed by atoms with van der Waals surface area (Å²) in [4.78, 5) is 26.2. The molecule has 0 bridgehead atoms. The smallest absolute Gasteiger partial charge is 0.254 e. The maximum absolute atomic E-state index is 13.2. The van der Waals surface area contributed by atoms with Crippen LogP contribution in [-0.2, 0) is 0 Å². The molecule has 0 aliphatic carbocycles. The van der Waals surface area contributed by atoms with Crippen molar-refractivity contribution < 1.29 is 4.79 Å². The molecule has 0 unspecified atom stereocenters. The van der Waals surface area contributed by atoms with Crippen LogP contribution in [-0.4, -0.2) is 58.9 Å². The van der Waals surface area contributed by atoms with Crippen LogP contribution in [0.2, 0.25) is 0 Å². The molecule has 0 saturated carbocycles. The Bertz CT molecular complexity index is 902. The number of carbonyl (C=O) groups is 1. The highest BCUT2D eigenvalue weighted by atomic mass is 16.2. The number of benzene rings is 1. The molecule has 0 radical (unpaired) electrons. The Hall–Kier alpha value is -2.79. The Morgan fingerprint density at radius 3 is 2.48 bits per heavy atom. The Morgan fingerprint density at radius 1 is 1.00 bits per heavy atom. The summed E-state index contributed by atoms with van der Waals surface area (Å²) in [6, 6.07) is 13.6. The fourth-order valence-corrected chi connectivity index (χ4v) is 3.20. The van der Waals surface area contributed by atoms with Gasteiger partial charge >= 0.3 is 0 Å². The number of pyridine rings is 2. The SMILES string of the molecule is CN1CCN(C(=O)c2cc(-c3ccncc3)nc3ccccc23)CC1. The molecule has 1 amide bonds. The third kappa shape index (κ3) is 3.10. The van der Waals surface area contributed by atoms with Crippen LogP contribution in [0.5, 0.6) is 0 Å². The van der Waals surface area contributed by atoms with E-state index in [4.69, 9.17) is 4.98 Å². The number of piperazine rings is 1. The summed E-state index contributed by atoms with van der Waals surface area (Å²) in [5.41, 5.74) is 3.34. The second-order valence-corrected chi connectivity index (χ2v) is 6.40. The maximum atomic E-state index is 13.2. The van der Waals surface area contributed by atoms with E-state index in [1.807, 2.05) is 47.4 Å². The molecule has 2 aromatic heterocycles. The number of hydrogen-bond donors (Lipinski definition) is 0. The van der Waals surface area contributed by atoms with Gasteiger partial charge in [-0.05, 0) is 31.3 Å². The normalized spacial score (nSPS) is 15.5. The topological polar surface area (TPSA) is 49.3 Å². The van der Waals surface area contributed by atoms with Gasteiger partial charge in [-0.1, -0.05) is 18.2 Å². The molecule has 0 atom stereocenters. The average Bonchev–Trinajstić information content (AvgIpc) is 2.68. The van der Waals surface area contributed by atoms with Crippen molar-refractivity contribution in [3.63, 3.8) is 0 Å². The number of hydrogen-bond acceptors (Lipinski definition) is 4. The van der Waals surface area contributed by atoms with E-state index in [0.29, 0.717) is 0 Å². The van der Waals surface area contributed by atoms with Gasteiger partial charge in [0, 0.05) is 49.5 Å². The summed E-state index contributed by atoms with van der Waals surface area (Å²) in [7, 11) is 2.09. The highest BCUT2D eigenvalue weighted by Crippen LogP contribution is 2.25. The second-order valence-electron chi connectivity index (χ2n) is 6.40. The lowest BCUT2D eigenvalue weighted by molar-refractivity contribution is 0.0666. The number of fused-ring (bicyclic) bond motifs is 1. The monoisotopic (exact) mass is 332 g/mol. The number of aromatic nitrogens is 2. The van der Waals surface area contributed by atoms with Gasteiger partial charge in [0.1, 0.15) is 0 Å². The average molecular weight is 332 g/mol. The van der Waals surface area contributed by atoms with E-state index < -0.39 is 0 Å². The van der Waals surface area contributed by atoms with Crippen molar-refractivity contribution in [1.82, 2.24) is 19.8 Å². The molecule has 1 saturated heterocycles. The van der Waals surface area contributed by atoms with Crippen LogP contribution >= 0.6 is 0 Å². The Kier molecular flexibility index (Phi) is 4.15. The molecular weight excluding hydrogens is 312 g/mol. The van der Waals surface area contributed by atoms with E-state index in [9.17, 15) is 4.79 Å². The molecule has 1 fully saturated rings. The van der Waals surface area contributed by atoms with Gasteiger partial charge in [0.2, 0.25) is 0 Å². The van der Waals surface area contributed by atoms with Crippen LogP contribution < -0.4 is 0 Å². The summed E-state index contributed by atoms with van der Waals surface area (Å²) in [5, 5.41) is 0.907. The third-order valence-corrected chi connectivity index (χ3v) is 4.71. The molecular formula is C20H20N4O. The number of carbonyl (C=O) groups excluding carboxylic acids is 1. The molecule has 5 nitrogen and oxygen atoms in total. The van der Waals surface area contributed by atoms with Crippen molar-refractivity contribution in [2.45, 2.75) is 0 Å². The first-order valence-electron chi connectivity index (χ1n) is 8.50. The first-order valence-corrected chi connectivity index (χ1v) is 8.50. The predicted octanol–water partition coefficient (Wildman–Crippen LogP) is 2.68. The van der Waals surface area contributed by atoms with Gasteiger partial charge in [-0.15, -0.1) is 0 Å². The van der Waals surface area contributed by atoms with E-state index in [1.54, 1.807) is 12.4 Å². The molecule has 1 aromatic carbocycles. The van der Waals surface area contributed by atoms with Gasteiger partial charge in [-0.25, -0.2) is 4.98 Å². The predicted molar refractivity (Wildman–Crippen MR) is 98.4 cm³/mol. The fourth-order valence-electron chi connectivity index (χ4n) is 3.20. The lowest BCUT2D eigenvalue weighted by Gasteiger charge is -2.32. The molecule has 1 aliphatic heterocycles. The van der Waals surface area contributed by atoms with Crippen LogP contribution in [0, 0.1) is 0 Å². The molecule has 3 aromatic rings. The summed E-state index contributed by atoms with van der Waals surface area (Å²) in [5.74, 6) is 0.0852. The van der Waals surface area contributed by atoms with Crippen LogP contribution in [0.25, 0.3) is 22.2 Å². The first-order chi connectivity index (χ1) is 12.2. The number of likely N-dealkylation sites (N-methyl/N-ethyl adjacent to an activating group) is 1. The highest BCUT2D eigenvalue weighted by Gasteiger charge is 2.23. The van der Waals surface area contributed by atoms with Crippen molar-refractivity contribution in [3.05, 3.63) is 60.4 Å². The minimum absolute atomic E-state index is 0.0852. The van der Waals surface area contributed by atoms with E-state index in [0.717, 1.165) is 53.9 Å². The zero-order valence-electron chi connectivity index (χ0n) is 14.2. The van der Waals surface area contributed by atoms with Crippen molar-refractivity contribution in [2.75, 3.05) is 33.2 Å². The van der Waals surface area contributed by atoms with E-state index >= 15 is 0 Å². The quantitative estimate of drug-likeness (QED) is 0.724. The zero-order valence-corrected chi connectivity index (χ0v) is 14.2. The summed E-state index contributed by atoms with van der Waals surface area (Å²) >= 11 is 0. The van der Waals surface area contributed by atoms with Crippen LogP contribution in [0.3, 0.4) is 0 Å². The van der Waals surface area contributed by atoms with Crippen molar-refractivity contribution in [3.8, 4) is 11.3 Å². The van der Waals surface area contributed by atoms with Crippen LogP contribution in [0.1, 0.15) is 10.4 Å². The molecule has 1 aliphatic rings. The molecule has 0 N–H and O–H groups in total. The Morgan fingerprint density at radius 2 is 1.72 bits per heavy atom. The molecule has 4 rings (SSSR count). The number of nitrogens with zero attached hydrogens (tertiary/aromatic N) is 4. The van der Waals surface area contributed by atoms with Gasteiger partial charge in [0.05, 0.1) is 16.8 Å². The molecule has 0 spiro atoms. The van der Waals surface area contributed by atoms with E-state index in [2.05, 4.69) is 16.9 Å². The lowest BCUT2D eigenvalue weighted by atomic mass is 10.0. The third-order valence-electron chi connectivity index (χ3n) is 4.71. The second kappa shape index (κ2) is 6.61. The van der Waals surface area contributed by atoms with Crippen LogP contribution in [0.4, 0.5) is 0 Å². The largest absolute Gasteiger partial charge is 0.336 e. The van der Waals surface area contributed by atoms with Crippen LogP contribution in [0.15, 0.2) is 54.9 Å². The molecule has 25 heavy (non-hydrogen) atoms. The van der Waals surface area contributed by atoms with Gasteiger partial charge in [0.25, 0.3) is 5.91 Å². The van der Waals surface area contributed by atoms with Gasteiger partial charge in [-0.3, -0.25) is 9.78 Å². The highest BCUT2D eigenvalue weighted by molar-refractivity contribution is 6.07. The van der Waals surface area contributed by atoms with Gasteiger partial charge in [-0.2, -0.15) is 0 Å². The minimum atomic E-state index is 0.0852. The summed E-state index contributed by atoms with van der Waals surface area (Å²) in [6.45, 7) is 3.34. The minimum Gasteiger partial charge on any atom is -0.336 e. The maximum Gasteiger partial charge on any atom is 0.254 e. The molecule has 3 heterocycles. The van der Waals surface area contributed by atoms with Gasteiger partial charge < -0.3 is 9.80 Å². The molecule has 126 valence electrons. The fraction of sp³-hybridized carbons (Fsp3) is 0.250. The zero-order chi connectivity index (χ0) is 17.2.